The van der Waals surface area contributed by atoms with E-state index in [1.807, 2.05) is 10.8 Å². The lowest BCUT2D eigenvalue weighted by atomic mass is 10.1. The third-order valence-corrected chi connectivity index (χ3v) is 8.18. The molecular formula is C26H32N8O3. The van der Waals surface area contributed by atoms with Gasteiger partial charge in [0.2, 0.25) is 0 Å². The highest BCUT2D eigenvalue weighted by atomic mass is 16.5. The molecule has 3 aromatic heterocycles. The summed E-state index contributed by atoms with van der Waals surface area (Å²) in [6.07, 6.45) is 9.10. The summed E-state index contributed by atoms with van der Waals surface area (Å²) in [4.78, 5) is 14.6. The van der Waals surface area contributed by atoms with Gasteiger partial charge in [0.1, 0.15) is 18.1 Å². The Labute approximate surface area is 215 Å². The van der Waals surface area contributed by atoms with Crippen molar-refractivity contribution >= 4 is 22.5 Å². The molecule has 7 rings (SSSR count). The van der Waals surface area contributed by atoms with E-state index >= 15 is 0 Å². The van der Waals surface area contributed by atoms with Crippen molar-refractivity contribution in [3.63, 3.8) is 0 Å². The third kappa shape index (κ3) is 3.86. The van der Waals surface area contributed by atoms with Crippen molar-refractivity contribution in [1.82, 2.24) is 24.3 Å². The molecule has 0 N–H and O–H groups in total. The third-order valence-electron chi connectivity index (χ3n) is 8.18. The van der Waals surface area contributed by atoms with Crippen molar-refractivity contribution < 1.29 is 14.2 Å². The highest BCUT2D eigenvalue weighted by Crippen LogP contribution is 2.39. The molecule has 4 aliphatic rings. The average molecular weight is 505 g/mol. The summed E-state index contributed by atoms with van der Waals surface area (Å²) < 4.78 is 21.3. The van der Waals surface area contributed by atoms with Crippen molar-refractivity contribution in [3.8, 4) is 11.9 Å². The molecule has 3 unspecified atom stereocenters. The number of pyridine rings is 1. The fraction of sp³-hybridized carbons (Fsp3) is 0.615. The lowest BCUT2D eigenvalue weighted by Gasteiger charge is -2.38. The Morgan fingerprint density at radius 1 is 1.03 bits per heavy atom. The normalized spacial score (nSPS) is 28.1. The van der Waals surface area contributed by atoms with Crippen molar-refractivity contribution in [2.45, 2.75) is 63.4 Å². The summed E-state index contributed by atoms with van der Waals surface area (Å²) in [6, 6.07) is 5.28. The van der Waals surface area contributed by atoms with Crippen LogP contribution in [0.3, 0.4) is 0 Å². The average Bonchev–Trinajstić information content (AvgIpc) is 3.63. The van der Waals surface area contributed by atoms with Crippen LogP contribution < -0.4 is 9.80 Å². The van der Waals surface area contributed by atoms with Crippen molar-refractivity contribution in [1.29, 1.82) is 5.26 Å². The van der Waals surface area contributed by atoms with Gasteiger partial charge < -0.3 is 28.6 Å². The number of nitrogens with zero attached hydrogens (tertiary/aromatic N) is 8. The number of anilines is 2. The molecule has 7 heterocycles. The summed E-state index contributed by atoms with van der Waals surface area (Å²) >= 11 is 0. The molecule has 3 aromatic rings. The predicted molar refractivity (Wildman–Crippen MR) is 136 cm³/mol. The van der Waals surface area contributed by atoms with Crippen LogP contribution in [0.2, 0.25) is 0 Å². The zero-order valence-electron chi connectivity index (χ0n) is 21.1. The van der Waals surface area contributed by atoms with Crippen LogP contribution in [-0.4, -0.2) is 82.0 Å². The molecule has 0 amide bonds. The quantitative estimate of drug-likeness (QED) is 0.530. The molecule has 194 valence electrons. The SMILES string of the molecule is C[C@@H]1COCCN1c1cc(N2C3CCC2COC3)nc2c1c(C#N)nn2-c1cn(C2CCCCO2)cn1. The molecule has 0 spiro atoms. The molecule has 4 aliphatic heterocycles. The van der Waals surface area contributed by atoms with Gasteiger partial charge in [-0.05, 0) is 39.0 Å². The maximum Gasteiger partial charge on any atom is 0.174 e. The Balaban J connectivity index is 1.39. The maximum atomic E-state index is 10.1. The van der Waals surface area contributed by atoms with Gasteiger partial charge in [-0.2, -0.15) is 15.0 Å². The zero-order valence-corrected chi connectivity index (χ0v) is 21.1. The van der Waals surface area contributed by atoms with E-state index in [1.54, 1.807) is 11.0 Å². The van der Waals surface area contributed by atoms with Gasteiger partial charge in [0, 0.05) is 25.3 Å². The lowest BCUT2D eigenvalue weighted by Crippen LogP contribution is -2.47. The van der Waals surface area contributed by atoms with Crippen LogP contribution in [0.15, 0.2) is 18.6 Å². The molecular weight excluding hydrogens is 472 g/mol. The minimum Gasteiger partial charge on any atom is -0.377 e. The first-order chi connectivity index (χ1) is 18.2. The number of hydrogen-bond donors (Lipinski definition) is 0. The van der Waals surface area contributed by atoms with Crippen molar-refractivity contribution in [3.05, 3.63) is 24.3 Å². The minimum absolute atomic E-state index is 0.0236. The van der Waals surface area contributed by atoms with Crippen molar-refractivity contribution in [2.75, 3.05) is 49.4 Å². The van der Waals surface area contributed by atoms with E-state index < -0.39 is 0 Å². The highest BCUT2D eigenvalue weighted by molar-refractivity contribution is 5.96. The van der Waals surface area contributed by atoms with Gasteiger partial charge in [-0.15, -0.1) is 0 Å². The van der Waals surface area contributed by atoms with Crippen LogP contribution >= 0.6 is 0 Å². The highest BCUT2D eigenvalue weighted by Gasteiger charge is 2.39. The topological polar surface area (TPSA) is 106 Å². The Kier molecular flexibility index (Phi) is 5.75. The van der Waals surface area contributed by atoms with Gasteiger partial charge in [-0.3, -0.25) is 0 Å². The van der Waals surface area contributed by atoms with Crippen LogP contribution in [0.5, 0.6) is 0 Å². The number of hydrogen-bond acceptors (Lipinski definition) is 9. The molecule has 4 fully saturated rings. The van der Waals surface area contributed by atoms with E-state index in [9.17, 15) is 5.26 Å². The molecule has 0 aliphatic carbocycles. The summed E-state index contributed by atoms with van der Waals surface area (Å²) in [5.41, 5.74) is 2.00. The van der Waals surface area contributed by atoms with Gasteiger partial charge in [-0.25, -0.2) is 9.97 Å². The smallest absolute Gasteiger partial charge is 0.174 e. The molecule has 0 saturated carbocycles. The number of aromatic nitrogens is 5. The number of imidazole rings is 1. The molecule has 37 heavy (non-hydrogen) atoms. The lowest BCUT2D eigenvalue weighted by molar-refractivity contribution is -0.0320. The molecule has 4 atom stereocenters. The fourth-order valence-electron chi connectivity index (χ4n) is 6.32. The number of ether oxygens (including phenoxy) is 3. The van der Waals surface area contributed by atoms with E-state index in [1.165, 1.54) is 0 Å². The standard InChI is InChI=1S/C26H32N8O3/c1-17-13-35-9-7-32(17)21-10-22(33-18-5-6-19(33)15-36-14-18)29-26-25(21)20(11-27)30-34(26)23-12-31(16-28-23)24-4-2-3-8-37-24/h10,12,16-19,24H,2-9,13-15H2,1H3/t17-,18?,19?,24?/m1/s1. The second-order valence-electron chi connectivity index (χ2n) is 10.5. The number of nitriles is 1. The first-order valence-electron chi connectivity index (χ1n) is 13.4. The van der Waals surface area contributed by atoms with Gasteiger partial charge in [0.05, 0.1) is 62.1 Å². The van der Waals surface area contributed by atoms with E-state index in [-0.39, 0.29) is 12.3 Å². The van der Waals surface area contributed by atoms with Gasteiger partial charge in [0.25, 0.3) is 0 Å². The van der Waals surface area contributed by atoms with E-state index in [0.29, 0.717) is 55.7 Å². The summed E-state index contributed by atoms with van der Waals surface area (Å²) in [7, 11) is 0. The van der Waals surface area contributed by atoms with Gasteiger partial charge >= 0.3 is 0 Å². The first kappa shape index (κ1) is 23.0. The van der Waals surface area contributed by atoms with E-state index in [2.05, 4.69) is 33.8 Å². The second-order valence-corrected chi connectivity index (χ2v) is 10.5. The van der Waals surface area contributed by atoms with Crippen LogP contribution in [0.4, 0.5) is 11.5 Å². The molecule has 0 aromatic carbocycles. The largest absolute Gasteiger partial charge is 0.377 e. The molecule has 2 bridgehead atoms. The van der Waals surface area contributed by atoms with Gasteiger partial charge in [0.15, 0.2) is 17.2 Å². The second kappa shape index (κ2) is 9.28. The summed E-state index contributed by atoms with van der Waals surface area (Å²) in [5.74, 6) is 1.55. The monoisotopic (exact) mass is 504 g/mol. The minimum atomic E-state index is -0.0236. The van der Waals surface area contributed by atoms with E-state index in [0.717, 1.165) is 62.1 Å². The van der Waals surface area contributed by atoms with Crippen LogP contribution in [-0.2, 0) is 14.2 Å². The number of morpholine rings is 2. The fourth-order valence-corrected chi connectivity index (χ4v) is 6.32. The molecule has 4 saturated heterocycles. The van der Waals surface area contributed by atoms with Crippen LogP contribution in [0.1, 0.15) is 50.9 Å². The number of fused-ring (bicyclic) bond motifs is 3. The molecule has 11 heteroatoms. The Morgan fingerprint density at radius 3 is 2.65 bits per heavy atom. The van der Waals surface area contributed by atoms with Gasteiger partial charge in [-0.1, -0.05) is 0 Å². The summed E-state index contributed by atoms with van der Waals surface area (Å²) in [5, 5.41) is 15.6. The molecule has 11 nitrogen and oxygen atoms in total. The zero-order chi connectivity index (χ0) is 24.9. The first-order valence-corrected chi connectivity index (χ1v) is 13.4. The summed E-state index contributed by atoms with van der Waals surface area (Å²) in [6.45, 7) is 6.39. The Bertz CT molecular complexity index is 1320. The predicted octanol–water partition coefficient (Wildman–Crippen LogP) is 2.78. The number of rotatable bonds is 4. The maximum absolute atomic E-state index is 10.1. The van der Waals surface area contributed by atoms with Crippen molar-refractivity contribution in [2.24, 2.45) is 0 Å². The Hall–Kier alpha value is -3.20. The Morgan fingerprint density at radius 2 is 1.89 bits per heavy atom. The van der Waals surface area contributed by atoms with E-state index in [4.69, 9.17) is 24.3 Å². The molecule has 0 radical (unpaired) electrons. The van der Waals surface area contributed by atoms with Crippen LogP contribution in [0, 0.1) is 11.3 Å². The van der Waals surface area contributed by atoms with Crippen LogP contribution in [0.25, 0.3) is 16.9 Å².